The van der Waals surface area contributed by atoms with Crippen LogP contribution < -0.4 is 11.1 Å². The fourth-order valence-corrected chi connectivity index (χ4v) is 2.19. The Morgan fingerprint density at radius 1 is 1.18 bits per heavy atom. The summed E-state index contributed by atoms with van der Waals surface area (Å²) in [5, 5.41) is 2.95. The molecule has 0 saturated heterocycles. The van der Waals surface area contributed by atoms with Crippen LogP contribution >= 0.6 is 24.8 Å². The van der Waals surface area contributed by atoms with E-state index in [1.54, 1.807) is 0 Å². The van der Waals surface area contributed by atoms with Gasteiger partial charge in [0.15, 0.2) is 0 Å². The summed E-state index contributed by atoms with van der Waals surface area (Å²) in [6.45, 7) is 8.00. The first-order chi connectivity index (χ1) is 9.67. The summed E-state index contributed by atoms with van der Waals surface area (Å²) in [7, 11) is 0. The van der Waals surface area contributed by atoms with Crippen molar-refractivity contribution in [1.82, 2.24) is 10.2 Å². The van der Waals surface area contributed by atoms with Gasteiger partial charge in [-0.1, -0.05) is 44.2 Å². The number of benzene rings is 1. The Bertz CT molecular complexity index is 390. The lowest BCUT2D eigenvalue weighted by atomic mass is 10.0. The Morgan fingerprint density at radius 3 is 2.36 bits per heavy atom. The van der Waals surface area contributed by atoms with Gasteiger partial charge in [0.25, 0.3) is 0 Å². The van der Waals surface area contributed by atoms with Crippen LogP contribution in [0.2, 0.25) is 0 Å². The molecule has 0 fully saturated rings. The van der Waals surface area contributed by atoms with Crippen molar-refractivity contribution in [3.8, 4) is 0 Å². The normalized spacial score (nSPS) is 11.3. The van der Waals surface area contributed by atoms with Gasteiger partial charge in [-0.25, -0.2) is 0 Å². The van der Waals surface area contributed by atoms with Crippen molar-refractivity contribution in [2.75, 3.05) is 26.2 Å². The summed E-state index contributed by atoms with van der Waals surface area (Å²) in [5.41, 5.74) is 7.03. The smallest absolute Gasteiger partial charge is 0.221 e. The number of hydrogen-bond donors (Lipinski definition) is 2. The third-order valence-electron chi connectivity index (χ3n) is 3.37. The Kier molecular flexibility index (Phi) is 14.7. The van der Waals surface area contributed by atoms with Gasteiger partial charge < -0.3 is 16.0 Å². The first kappa shape index (κ1) is 23.5. The molecule has 0 radical (unpaired) electrons. The fraction of sp³-hybridized carbons (Fsp3) is 0.562. The fourth-order valence-electron chi connectivity index (χ4n) is 2.19. The van der Waals surface area contributed by atoms with Gasteiger partial charge in [0, 0.05) is 25.6 Å². The molecule has 6 heteroatoms. The highest BCUT2D eigenvalue weighted by molar-refractivity contribution is 5.85. The van der Waals surface area contributed by atoms with Gasteiger partial charge >= 0.3 is 0 Å². The first-order valence-corrected chi connectivity index (χ1v) is 7.47. The van der Waals surface area contributed by atoms with Crippen LogP contribution in [0.15, 0.2) is 30.3 Å². The molecule has 0 saturated carbocycles. The van der Waals surface area contributed by atoms with Crippen LogP contribution in [0.25, 0.3) is 0 Å². The topological polar surface area (TPSA) is 58.4 Å². The number of carbonyl (C=O) groups is 1. The number of nitrogens with two attached hydrogens (primary N) is 1. The van der Waals surface area contributed by atoms with E-state index in [4.69, 9.17) is 5.73 Å². The Morgan fingerprint density at radius 2 is 1.82 bits per heavy atom. The average molecular weight is 350 g/mol. The number of nitrogens with zero attached hydrogens (tertiary/aromatic N) is 1. The van der Waals surface area contributed by atoms with Crippen molar-refractivity contribution in [3.05, 3.63) is 35.9 Å². The molecule has 1 unspecified atom stereocenters. The highest BCUT2D eigenvalue weighted by Gasteiger charge is 2.11. The quantitative estimate of drug-likeness (QED) is 0.720. The number of amides is 1. The zero-order chi connectivity index (χ0) is 14.8. The molecule has 1 rings (SSSR count). The summed E-state index contributed by atoms with van der Waals surface area (Å²) in [6.07, 6.45) is 1.48. The van der Waals surface area contributed by atoms with Gasteiger partial charge in [-0.3, -0.25) is 4.79 Å². The number of hydrogen-bond acceptors (Lipinski definition) is 3. The first-order valence-electron chi connectivity index (χ1n) is 7.47. The maximum atomic E-state index is 11.8. The van der Waals surface area contributed by atoms with Crippen LogP contribution in [-0.2, 0) is 4.79 Å². The lowest BCUT2D eigenvalue weighted by Gasteiger charge is -2.20. The molecule has 22 heavy (non-hydrogen) atoms. The molecule has 3 N–H and O–H groups in total. The van der Waals surface area contributed by atoms with E-state index >= 15 is 0 Å². The van der Waals surface area contributed by atoms with E-state index in [0.717, 1.165) is 31.6 Å². The van der Waals surface area contributed by atoms with Crippen molar-refractivity contribution >= 4 is 30.7 Å². The minimum absolute atomic E-state index is 0. The monoisotopic (exact) mass is 349 g/mol. The molecular weight excluding hydrogens is 321 g/mol. The highest BCUT2D eigenvalue weighted by Crippen LogP contribution is 2.12. The standard InChI is InChI=1S/C16H27N3O.2ClH/c1-3-11-19(4-2)12-10-18-16(20)13-15(17)14-8-6-5-7-9-14;;/h5-9,15H,3-4,10-13,17H2,1-2H3,(H,18,20);2*1H. The van der Waals surface area contributed by atoms with Crippen molar-refractivity contribution in [2.24, 2.45) is 5.73 Å². The van der Waals surface area contributed by atoms with Crippen LogP contribution in [0.5, 0.6) is 0 Å². The molecule has 1 aromatic rings. The Labute approximate surface area is 146 Å². The molecule has 1 aromatic carbocycles. The van der Waals surface area contributed by atoms with E-state index in [2.05, 4.69) is 24.1 Å². The molecular formula is C16H29Cl2N3O. The molecule has 0 aliphatic rings. The van der Waals surface area contributed by atoms with Gasteiger partial charge in [-0.15, -0.1) is 24.8 Å². The number of nitrogens with one attached hydrogen (secondary N) is 1. The summed E-state index contributed by atoms with van der Waals surface area (Å²) >= 11 is 0. The number of halogens is 2. The van der Waals surface area contributed by atoms with Crippen LogP contribution in [0.3, 0.4) is 0 Å². The van der Waals surface area contributed by atoms with Crippen molar-refractivity contribution < 1.29 is 4.79 Å². The second-order valence-electron chi connectivity index (χ2n) is 5.01. The highest BCUT2D eigenvalue weighted by atomic mass is 35.5. The lowest BCUT2D eigenvalue weighted by molar-refractivity contribution is -0.121. The molecule has 1 atom stereocenters. The molecule has 0 aliphatic heterocycles. The van der Waals surface area contributed by atoms with Crippen molar-refractivity contribution in [3.63, 3.8) is 0 Å². The van der Waals surface area contributed by atoms with Crippen LogP contribution in [-0.4, -0.2) is 37.0 Å². The van der Waals surface area contributed by atoms with Gasteiger partial charge in [0.2, 0.25) is 5.91 Å². The maximum Gasteiger partial charge on any atom is 0.221 e. The van der Waals surface area contributed by atoms with Gasteiger partial charge in [0.1, 0.15) is 0 Å². The van der Waals surface area contributed by atoms with Crippen LogP contribution in [0, 0.1) is 0 Å². The van der Waals surface area contributed by atoms with E-state index in [0.29, 0.717) is 13.0 Å². The lowest BCUT2D eigenvalue weighted by Crippen LogP contribution is -2.36. The Hall–Kier alpha value is -0.810. The third-order valence-corrected chi connectivity index (χ3v) is 3.37. The minimum Gasteiger partial charge on any atom is -0.355 e. The molecule has 0 aromatic heterocycles. The molecule has 1 amide bonds. The molecule has 0 aliphatic carbocycles. The minimum atomic E-state index is -0.228. The average Bonchev–Trinajstić information content (AvgIpc) is 2.47. The number of likely N-dealkylation sites (N-methyl/N-ethyl adjacent to an activating group) is 1. The molecule has 128 valence electrons. The molecule has 0 bridgehead atoms. The largest absolute Gasteiger partial charge is 0.355 e. The molecule has 0 spiro atoms. The molecule has 4 nitrogen and oxygen atoms in total. The summed E-state index contributed by atoms with van der Waals surface area (Å²) in [4.78, 5) is 14.2. The van der Waals surface area contributed by atoms with Crippen molar-refractivity contribution in [1.29, 1.82) is 0 Å². The second kappa shape index (κ2) is 13.8. The summed E-state index contributed by atoms with van der Waals surface area (Å²) < 4.78 is 0. The van der Waals surface area contributed by atoms with Crippen LogP contribution in [0.1, 0.15) is 38.3 Å². The third kappa shape index (κ3) is 9.26. The summed E-state index contributed by atoms with van der Waals surface area (Å²) in [6, 6.07) is 9.52. The van der Waals surface area contributed by atoms with Crippen LogP contribution in [0.4, 0.5) is 0 Å². The van der Waals surface area contributed by atoms with Gasteiger partial charge in [0.05, 0.1) is 0 Å². The van der Waals surface area contributed by atoms with E-state index < -0.39 is 0 Å². The Balaban J connectivity index is 0. The predicted octanol–water partition coefficient (Wildman–Crippen LogP) is 2.77. The van der Waals surface area contributed by atoms with E-state index in [9.17, 15) is 4.79 Å². The second-order valence-corrected chi connectivity index (χ2v) is 5.01. The van der Waals surface area contributed by atoms with Gasteiger partial charge in [-0.05, 0) is 25.1 Å². The maximum absolute atomic E-state index is 11.8. The van der Waals surface area contributed by atoms with Gasteiger partial charge in [-0.2, -0.15) is 0 Å². The molecule has 0 heterocycles. The van der Waals surface area contributed by atoms with E-state index in [1.165, 1.54) is 0 Å². The zero-order valence-electron chi connectivity index (χ0n) is 13.5. The number of rotatable bonds is 9. The van der Waals surface area contributed by atoms with E-state index in [-0.39, 0.29) is 36.8 Å². The SMILES string of the molecule is CCCN(CC)CCNC(=O)CC(N)c1ccccc1.Cl.Cl. The predicted molar refractivity (Wildman–Crippen MR) is 97.9 cm³/mol. The van der Waals surface area contributed by atoms with E-state index in [1.807, 2.05) is 30.3 Å². The summed E-state index contributed by atoms with van der Waals surface area (Å²) in [5.74, 6) is 0.0221. The number of carbonyl (C=O) groups excluding carboxylic acids is 1. The zero-order valence-corrected chi connectivity index (χ0v) is 15.1. The van der Waals surface area contributed by atoms with Crippen molar-refractivity contribution in [2.45, 2.75) is 32.7 Å².